The Morgan fingerprint density at radius 1 is 1.06 bits per heavy atom. The molecular weight excluding hydrogens is 406 g/mol. The summed E-state index contributed by atoms with van der Waals surface area (Å²) < 4.78 is 3.65. The Morgan fingerprint density at radius 3 is 2.50 bits per heavy atom. The summed E-state index contributed by atoms with van der Waals surface area (Å²) in [7, 11) is 0. The first kappa shape index (κ1) is 21.3. The van der Waals surface area contributed by atoms with E-state index in [0.29, 0.717) is 17.7 Å². The molecule has 8 nitrogen and oxygen atoms in total. The summed E-state index contributed by atoms with van der Waals surface area (Å²) in [6.07, 6.45) is 2.48. The number of benzene rings is 2. The molecule has 2 heterocycles. The van der Waals surface area contributed by atoms with Crippen molar-refractivity contribution in [2.45, 2.75) is 40.2 Å². The van der Waals surface area contributed by atoms with E-state index >= 15 is 0 Å². The zero-order valence-corrected chi connectivity index (χ0v) is 18.3. The van der Waals surface area contributed by atoms with Gasteiger partial charge in [-0.3, -0.25) is 14.3 Å². The van der Waals surface area contributed by atoms with Gasteiger partial charge >= 0.3 is 5.97 Å². The number of aromatic nitrogens is 4. The van der Waals surface area contributed by atoms with Gasteiger partial charge in [0.25, 0.3) is 5.91 Å². The Morgan fingerprint density at radius 2 is 1.81 bits per heavy atom. The van der Waals surface area contributed by atoms with Crippen molar-refractivity contribution in [2.75, 3.05) is 5.32 Å². The Labute approximate surface area is 185 Å². The van der Waals surface area contributed by atoms with Gasteiger partial charge in [-0.05, 0) is 75.2 Å². The minimum Gasteiger partial charge on any atom is -0.481 e. The highest BCUT2D eigenvalue weighted by molar-refractivity contribution is 6.05. The lowest BCUT2D eigenvalue weighted by Gasteiger charge is -2.08. The third kappa shape index (κ3) is 4.25. The van der Waals surface area contributed by atoms with Crippen molar-refractivity contribution in [3.8, 4) is 5.69 Å². The Hall–Kier alpha value is -3.94. The van der Waals surface area contributed by atoms with Gasteiger partial charge in [0, 0.05) is 41.5 Å². The lowest BCUT2D eigenvalue weighted by Crippen LogP contribution is -2.12. The number of hydrogen-bond donors (Lipinski definition) is 2. The molecule has 0 atom stereocenters. The lowest BCUT2D eigenvalue weighted by atomic mass is 10.1. The lowest BCUT2D eigenvalue weighted by molar-refractivity contribution is -0.136. The van der Waals surface area contributed by atoms with Crippen molar-refractivity contribution in [2.24, 2.45) is 0 Å². The summed E-state index contributed by atoms with van der Waals surface area (Å²) in [5.74, 6) is -1.04. The van der Waals surface area contributed by atoms with Gasteiger partial charge in [0.15, 0.2) is 0 Å². The molecule has 32 heavy (non-hydrogen) atoms. The van der Waals surface area contributed by atoms with E-state index < -0.39 is 5.97 Å². The van der Waals surface area contributed by atoms with Crippen LogP contribution in [-0.4, -0.2) is 36.5 Å². The number of amides is 1. The fraction of sp³-hybridized carbons (Fsp3) is 0.250. The number of aliphatic carboxylic acids is 1. The number of anilines is 1. The van der Waals surface area contributed by atoms with Crippen LogP contribution >= 0.6 is 0 Å². The maximum atomic E-state index is 12.7. The van der Waals surface area contributed by atoms with Crippen molar-refractivity contribution in [3.05, 3.63) is 71.2 Å². The van der Waals surface area contributed by atoms with Crippen molar-refractivity contribution >= 4 is 28.5 Å². The highest BCUT2D eigenvalue weighted by Gasteiger charge is 2.15. The van der Waals surface area contributed by atoms with Crippen LogP contribution in [0.3, 0.4) is 0 Å². The molecule has 164 valence electrons. The maximum Gasteiger partial charge on any atom is 0.303 e. The smallest absolute Gasteiger partial charge is 0.303 e. The molecule has 0 saturated carbocycles. The Balaban J connectivity index is 1.50. The second-order valence-electron chi connectivity index (χ2n) is 7.71. The van der Waals surface area contributed by atoms with Crippen LogP contribution in [-0.2, 0) is 17.8 Å². The fourth-order valence-electron chi connectivity index (χ4n) is 3.78. The molecule has 1 amide bonds. The van der Waals surface area contributed by atoms with E-state index in [1.165, 1.54) is 0 Å². The number of rotatable bonds is 7. The summed E-state index contributed by atoms with van der Waals surface area (Å²) in [5, 5.41) is 21.9. The first-order valence-corrected chi connectivity index (χ1v) is 10.5. The van der Waals surface area contributed by atoms with Gasteiger partial charge < -0.3 is 10.4 Å². The molecule has 2 aromatic heterocycles. The van der Waals surface area contributed by atoms with Crippen LogP contribution in [0.2, 0.25) is 0 Å². The molecule has 2 N–H and O–H groups in total. The van der Waals surface area contributed by atoms with Gasteiger partial charge in [-0.25, -0.2) is 4.68 Å². The maximum absolute atomic E-state index is 12.7. The van der Waals surface area contributed by atoms with E-state index in [1.54, 1.807) is 16.8 Å². The minimum absolute atomic E-state index is 0.0664. The number of aryl methyl sites for hydroxylation is 2. The molecule has 0 unspecified atom stereocenters. The third-order valence-corrected chi connectivity index (χ3v) is 5.54. The van der Waals surface area contributed by atoms with E-state index in [4.69, 9.17) is 5.11 Å². The highest BCUT2D eigenvalue weighted by atomic mass is 16.4. The van der Waals surface area contributed by atoms with Crippen molar-refractivity contribution in [1.29, 1.82) is 0 Å². The molecule has 4 rings (SSSR count). The average molecular weight is 431 g/mol. The predicted octanol–water partition coefficient (Wildman–Crippen LogP) is 4.13. The van der Waals surface area contributed by atoms with E-state index in [2.05, 4.69) is 15.5 Å². The van der Waals surface area contributed by atoms with Gasteiger partial charge in [0.1, 0.15) is 0 Å². The van der Waals surface area contributed by atoms with E-state index in [-0.39, 0.29) is 12.3 Å². The summed E-state index contributed by atoms with van der Waals surface area (Å²) >= 11 is 0. The Bertz CT molecular complexity index is 1300. The molecule has 0 bridgehead atoms. The van der Waals surface area contributed by atoms with Gasteiger partial charge in [0.2, 0.25) is 0 Å². The van der Waals surface area contributed by atoms with Crippen LogP contribution in [0.4, 0.5) is 5.69 Å². The van der Waals surface area contributed by atoms with Crippen LogP contribution in [0.5, 0.6) is 0 Å². The van der Waals surface area contributed by atoms with Crippen molar-refractivity contribution < 1.29 is 14.7 Å². The van der Waals surface area contributed by atoms with E-state index in [1.807, 2.05) is 62.0 Å². The normalized spacial score (nSPS) is 11.1. The average Bonchev–Trinajstić information content (AvgIpc) is 3.32. The molecule has 2 aromatic carbocycles. The summed E-state index contributed by atoms with van der Waals surface area (Å²) in [6.45, 7) is 6.62. The first-order valence-electron chi connectivity index (χ1n) is 10.5. The van der Waals surface area contributed by atoms with Crippen LogP contribution in [0.15, 0.2) is 48.7 Å². The van der Waals surface area contributed by atoms with Gasteiger partial charge in [-0.15, -0.1) is 0 Å². The molecule has 0 spiro atoms. The molecule has 0 aliphatic heterocycles. The number of carbonyl (C=O) groups is 2. The molecule has 8 heteroatoms. The van der Waals surface area contributed by atoms with Gasteiger partial charge in [0.05, 0.1) is 16.9 Å². The number of fused-ring (bicyclic) bond motifs is 1. The summed E-state index contributed by atoms with van der Waals surface area (Å²) in [6, 6.07) is 12.8. The zero-order chi connectivity index (χ0) is 22.8. The van der Waals surface area contributed by atoms with Crippen LogP contribution in [0.1, 0.15) is 40.7 Å². The fourth-order valence-corrected chi connectivity index (χ4v) is 3.78. The first-order chi connectivity index (χ1) is 15.4. The standard InChI is InChI=1S/C24H25N5O3/c1-4-28-14-18-5-8-19(13-22(18)27-28)25-24(32)17-6-9-20(10-7-17)29-16(3)21(15(2)26-29)11-12-23(30)31/h5-10,13-14H,4,11-12H2,1-3H3,(H,25,32)(H,30,31). The highest BCUT2D eigenvalue weighted by Crippen LogP contribution is 2.21. The molecular formula is C24H25N5O3. The molecule has 0 fully saturated rings. The zero-order valence-electron chi connectivity index (χ0n) is 18.3. The second-order valence-corrected chi connectivity index (χ2v) is 7.71. The van der Waals surface area contributed by atoms with Gasteiger partial charge in [-0.2, -0.15) is 10.2 Å². The van der Waals surface area contributed by atoms with E-state index in [9.17, 15) is 9.59 Å². The number of nitrogens with one attached hydrogen (secondary N) is 1. The third-order valence-electron chi connectivity index (χ3n) is 5.54. The molecule has 0 radical (unpaired) electrons. The largest absolute Gasteiger partial charge is 0.481 e. The van der Waals surface area contributed by atoms with Crippen molar-refractivity contribution in [1.82, 2.24) is 19.6 Å². The number of carbonyl (C=O) groups excluding carboxylic acids is 1. The minimum atomic E-state index is -0.829. The molecule has 4 aromatic rings. The van der Waals surface area contributed by atoms with Crippen LogP contribution in [0.25, 0.3) is 16.6 Å². The second kappa shape index (κ2) is 8.66. The van der Waals surface area contributed by atoms with Crippen LogP contribution in [0, 0.1) is 13.8 Å². The van der Waals surface area contributed by atoms with Crippen molar-refractivity contribution in [3.63, 3.8) is 0 Å². The van der Waals surface area contributed by atoms with Crippen LogP contribution < -0.4 is 5.32 Å². The molecule has 0 aliphatic carbocycles. The SMILES string of the molecule is CCn1cc2ccc(NC(=O)c3ccc(-n4nc(C)c(CCC(=O)O)c4C)cc3)cc2n1. The number of carboxylic acids is 1. The van der Waals surface area contributed by atoms with E-state index in [0.717, 1.165) is 40.1 Å². The number of nitrogens with zero attached hydrogens (tertiary/aromatic N) is 4. The topological polar surface area (TPSA) is 102 Å². The Kier molecular flexibility index (Phi) is 5.77. The summed E-state index contributed by atoms with van der Waals surface area (Å²) in [5.41, 5.74) is 5.52. The number of carboxylic acid groups (broad SMARTS) is 1. The quantitative estimate of drug-likeness (QED) is 0.458. The molecule has 0 aliphatic rings. The summed E-state index contributed by atoms with van der Waals surface area (Å²) in [4.78, 5) is 23.6. The number of hydrogen-bond acceptors (Lipinski definition) is 4. The predicted molar refractivity (Wildman–Crippen MR) is 122 cm³/mol. The van der Waals surface area contributed by atoms with Gasteiger partial charge in [-0.1, -0.05) is 0 Å². The monoisotopic (exact) mass is 431 g/mol. The molecule has 0 saturated heterocycles.